The second-order valence-electron chi connectivity index (χ2n) is 6.82. The first-order valence-corrected chi connectivity index (χ1v) is 10.5. The van der Waals surface area contributed by atoms with Gasteiger partial charge in [0.15, 0.2) is 4.77 Å². The van der Waals surface area contributed by atoms with Crippen molar-refractivity contribution >= 4 is 47.0 Å². The van der Waals surface area contributed by atoms with Crippen molar-refractivity contribution < 1.29 is 18.7 Å². The van der Waals surface area contributed by atoms with Gasteiger partial charge in [0.25, 0.3) is 5.91 Å². The third kappa shape index (κ3) is 5.51. The summed E-state index contributed by atoms with van der Waals surface area (Å²) < 4.78 is 21.3. The van der Waals surface area contributed by atoms with E-state index in [1.165, 1.54) is 25.3 Å². The first kappa shape index (κ1) is 23.4. The number of H-pyrrole nitrogens is 1. The topological polar surface area (TPSA) is 101 Å². The molecule has 11 heteroatoms. The van der Waals surface area contributed by atoms with Crippen LogP contribution in [0.4, 0.5) is 15.8 Å². The number of hydrogen-bond acceptors (Lipinski definition) is 5. The molecule has 3 N–H and O–H groups in total. The summed E-state index contributed by atoms with van der Waals surface area (Å²) in [5.74, 6) is -0.729. The third-order valence-corrected chi connectivity index (χ3v) is 5.07. The number of carbonyl (C=O) groups excluding carboxylic acids is 2. The van der Waals surface area contributed by atoms with Crippen molar-refractivity contribution in [3.8, 4) is 5.75 Å². The van der Waals surface area contributed by atoms with Gasteiger partial charge in [-0.3, -0.25) is 19.3 Å². The minimum atomic E-state index is -0.752. The van der Waals surface area contributed by atoms with E-state index >= 15 is 0 Å². The van der Waals surface area contributed by atoms with Crippen molar-refractivity contribution in [1.82, 2.24) is 14.8 Å². The Hall–Kier alpha value is -3.24. The van der Waals surface area contributed by atoms with Crippen molar-refractivity contribution in [3.05, 3.63) is 63.4 Å². The first-order chi connectivity index (χ1) is 15.3. The number of carbonyl (C=O) groups is 2. The Kier molecular flexibility index (Phi) is 7.60. The molecule has 0 aliphatic rings. The van der Waals surface area contributed by atoms with Gasteiger partial charge in [-0.1, -0.05) is 18.5 Å². The SMILES string of the molecule is CCCc1n[nH]c(=S)n1CC(=O)Nc1ccc(OC)c(NC(=O)c2ccc(Cl)cc2F)c1. The van der Waals surface area contributed by atoms with Gasteiger partial charge in [0.1, 0.15) is 23.9 Å². The van der Waals surface area contributed by atoms with Crippen LogP contribution in [0, 0.1) is 10.6 Å². The molecule has 1 aromatic heterocycles. The van der Waals surface area contributed by atoms with Crippen LogP contribution in [0.3, 0.4) is 0 Å². The number of methoxy groups -OCH3 is 1. The Morgan fingerprint density at radius 1 is 1.25 bits per heavy atom. The smallest absolute Gasteiger partial charge is 0.258 e. The van der Waals surface area contributed by atoms with E-state index in [1.54, 1.807) is 16.7 Å². The maximum Gasteiger partial charge on any atom is 0.258 e. The molecule has 2 amide bonds. The molecule has 0 fully saturated rings. The highest BCUT2D eigenvalue weighted by Crippen LogP contribution is 2.29. The lowest BCUT2D eigenvalue weighted by atomic mass is 10.2. The van der Waals surface area contributed by atoms with Crippen LogP contribution < -0.4 is 15.4 Å². The summed E-state index contributed by atoms with van der Waals surface area (Å²) >= 11 is 10.9. The molecule has 3 aromatic rings. The molecule has 0 radical (unpaired) electrons. The number of nitrogens with one attached hydrogen (secondary N) is 3. The van der Waals surface area contributed by atoms with Gasteiger partial charge in [0.2, 0.25) is 5.91 Å². The number of aryl methyl sites for hydroxylation is 1. The Labute approximate surface area is 193 Å². The fourth-order valence-electron chi connectivity index (χ4n) is 3.02. The number of anilines is 2. The highest BCUT2D eigenvalue weighted by molar-refractivity contribution is 7.71. The van der Waals surface area contributed by atoms with Crippen molar-refractivity contribution in [3.63, 3.8) is 0 Å². The molecule has 1 heterocycles. The maximum absolute atomic E-state index is 14.1. The average molecular weight is 478 g/mol. The van der Waals surface area contributed by atoms with Crippen molar-refractivity contribution in [2.75, 3.05) is 17.7 Å². The summed E-state index contributed by atoms with van der Waals surface area (Å²) in [6, 6.07) is 8.48. The Balaban J connectivity index is 1.77. The normalized spacial score (nSPS) is 10.6. The molecule has 32 heavy (non-hydrogen) atoms. The van der Waals surface area contributed by atoms with Gasteiger partial charge in [0.05, 0.1) is 18.4 Å². The highest BCUT2D eigenvalue weighted by Gasteiger charge is 2.16. The largest absolute Gasteiger partial charge is 0.495 e. The van der Waals surface area contributed by atoms with Gasteiger partial charge >= 0.3 is 0 Å². The molecule has 0 saturated carbocycles. The summed E-state index contributed by atoms with van der Waals surface area (Å²) in [7, 11) is 1.43. The zero-order valence-electron chi connectivity index (χ0n) is 17.4. The van der Waals surface area contributed by atoms with Gasteiger partial charge in [-0.2, -0.15) is 5.10 Å². The van der Waals surface area contributed by atoms with Crippen LogP contribution in [0.5, 0.6) is 5.75 Å². The highest BCUT2D eigenvalue weighted by atomic mass is 35.5. The molecule has 8 nitrogen and oxygen atoms in total. The number of hydrogen-bond donors (Lipinski definition) is 3. The van der Waals surface area contributed by atoms with Crippen molar-refractivity contribution in [2.24, 2.45) is 0 Å². The number of aromatic nitrogens is 3. The zero-order valence-corrected chi connectivity index (χ0v) is 18.9. The Morgan fingerprint density at radius 2 is 2.03 bits per heavy atom. The van der Waals surface area contributed by atoms with Crippen LogP contribution in [-0.4, -0.2) is 33.7 Å². The molecule has 3 rings (SSSR count). The molecule has 0 bridgehead atoms. The summed E-state index contributed by atoms with van der Waals surface area (Å²) in [5, 5.41) is 12.4. The summed E-state index contributed by atoms with van der Waals surface area (Å²) in [6.45, 7) is 1.99. The van der Waals surface area contributed by atoms with Gasteiger partial charge in [0, 0.05) is 17.1 Å². The molecule has 0 saturated heterocycles. The maximum atomic E-state index is 14.1. The average Bonchev–Trinajstić information content (AvgIpc) is 3.07. The van der Waals surface area contributed by atoms with E-state index in [0.717, 1.165) is 12.5 Å². The predicted octanol–water partition coefficient (Wildman–Crippen LogP) is 4.59. The first-order valence-electron chi connectivity index (χ1n) is 9.70. The zero-order chi connectivity index (χ0) is 23.3. The summed E-state index contributed by atoms with van der Waals surface area (Å²) in [6.07, 6.45) is 1.54. The second-order valence-corrected chi connectivity index (χ2v) is 7.65. The monoisotopic (exact) mass is 477 g/mol. The lowest BCUT2D eigenvalue weighted by Crippen LogP contribution is -2.20. The molecule has 0 unspecified atom stereocenters. The molecule has 168 valence electrons. The van der Waals surface area contributed by atoms with Crippen LogP contribution in [-0.2, 0) is 17.8 Å². The van der Waals surface area contributed by atoms with Gasteiger partial charge in [-0.05, 0) is 55.0 Å². The fraction of sp³-hybridized carbons (Fsp3) is 0.238. The molecule has 2 aromatic carbocycles. The predicted molar refractivity (Wildman–Crippen MR) is 122 cm³/mol. The number of aromatic amines is 1. The quantitative estimate of drug-likeness (QED) is 0.412. The van der Waals surface area contributed by atoms with E-state index in [0.29, 0.717) is 28.5 Å². The van der Waals surface area contributed by atoms with E-state index in [4.69, 9.17) is 28.6 Å². The van der Waals surface area contributed by atoms with Crippen molar-refractivity contribution in [2.45, 2.75) is 26.3 Å². The number of rotatable bonds is 8. The summed E-state index contributed by atoms with van der Waals surface area (Å²) in [4.78, 5) is 25.1. The molecule has 0 aliphatic heterocycles. The number of benzene rings is 2. The number of amides is 2. The third-order valence-electron chi connectivity index (χ3n) is 4.52. The fourth-order valence-corrected chi connectivity index (χ4v) is 3.39. The molecular weight excluding hydrogens is 457 g/mol. The molecule has 0 aliphatic carbocycles. The van der Waals surface area contributed by atoms with E-state index in [-0.39, 0.29) is 28.7 Å². The molecule has 0 spiro atoms. The van der Waals surface area contributed by atoms with Gasteiger partial charge in [-0.25, -0.2) is 4.39 Å². The van der Waals surface area contributed by atoms with E-state index < -0.39 is 11.7 Å². The second kappa shape index (κ2) is 10.4. The van der Waals surface area contributed by atoms with E-state index in [1.807, 2.05) is 6.92 Å². The van der Waals surface area contributed by atoms with Gasteiger partial charge in [-0.15, -0.1) is 0 Å². The van der Waals surface area contributed by atoms with Crippen LogP contribution in [0.1, 0.15) is 29.5 Å². The van der Waals surface area contributed by atoms with E-state index in [2.05, 4.69) is 20.8 Å². The minimum absolute atomic E-state index is 0.0195. The van der Waals surface area contributed by atoms with Crippen LogP contribution in [0.2, 0.25) is 5.02 Å². The van der Waals surface area contributed by atoms with Crippen LogP contribution in [0.25, 0.3) is 0 Å². The molecular formula is C21H21ClFN5O3S. The lowest BCUT2D eigenvalue weighted by Gasteiger charge is -2.13. The number of ether oxygens (including phenoxy) is 1. The van der Waals surface area contributed by atoms with Crippen molar-refractivity contribution in [1.29, 1.82) is 0 Å². The minimum Gasteiger partial charge on any atom is -0.495 e. The van der Waals surface area contributed by atoms with Crippen LogP contribution >= 0.6 is 23.8 Å². The standard InChI is InChI=1S/C21H21ClFN5O3S/c1-3-4-18-26-27-21(32)28(18)11-19(29)24-13-6-8-17(31-2)16(10-13)25-20(30)14-7-5-12(22)9-15(14)23/h5-10H,3-4,11H2,1-2H3,(H,24,29)(H,25,30)(H,27,32). The molecule has 0 atom stereocenters. The Bertz CT molecular complexity index is 1210. The summed E-state index contributed by atoms with van der Waals surface area (Å²) in [5.41, 5.74) is 0.495. The number of halogens is 2. The Morgan fingerprint density at radius 3 is 2.72 bits per heavy atom. The van der Waals surface area contributed by atoms with E-state index in [9.17, 15) is 14.0 Å². The van der Waals surface area contributed by atoms with Gasteiger partial charge < -0.3 is 15.4 Å². The number of nitrogens with zero attached hydrogens (tertiary/aromatic N) is 2. The lowest BCUT2D eigenvalue weighted by molar-refractivity contribution is -0.116. The van der Waals surface area contributed by atoms with Crippen LogP contribution in [0.15, 0.2) is 36.4 Å².